The summed E-state index contributed by atoms with van der Waals surface area (Å²) < 4.78 is 13.1. The molecule has 4 N–H and O–H groups in total. The molecule has 0 aromatic heterocycles. The highest BCUT2D eigenvalue weighted by molar-refractivity contribution is 5.96. The number of carbonyl (C=O) groups is 2. The van der Waals surface area contributed by atoms with Crippen LogP contribution in [-0.2, 0) is 4.79 Å². The number of hydrogen-bond donors (Lipinski definition) is 3. The summed E-state index contributed by atoms with van der Waals surface area (Å²) in [5.41, 5.74) is 5.20. The van der Waals surface area contributed by atoms with E-state index in [1.54, 1.807) is 6.92 Å². The number of anilines is 1. The van der Waals surface area contributed by atoms with Gasteiger partial charge in [0.2, 0.25) is 5.91 Å². The Morgan fingerprint density at radius 2 is 2.18 bits per heavy atom. The van der Waals surface area contributed by atoms with Crippen molar-refractivity contribution in [3.05, 3.63) is 29.6 Å². The van der Waals surface area contributed by atoms with Crippen LogP contribution in [0.25, 0.3) is 0 Å². The summed E-state index contributed by atoms with van der Waals surface area (Å²) in [5, 5.41) is 11.1. The number of nitrogens with two attached hydrogens (primary N) is 1. The van der Waals surface area contributed by atoms with E-state index < -0.39 is 29.3 Å². The molecular weight excluding hydrogens is 227 g/mol. The molecule has 0 unspecified atom stereocenters. The van der Waals surface area contributed by atoms with Crippen LogP contribution in [0.4, 0.5) is 10.1 Å². The Balaban J connectivity index is 2.90. The molecule has 1 rings (SSSR count). The smallest absolute Gasteiger partial charge is 0.338 e. The van der Waals surface area contributed by atoms with Crippen LogP contribution in [0.3, 0.4) is 0 Å². The molecule has 92 valence electrons. The fraction of sp³-hybridized carbons (Fsp3) is 0.273. The molecule has 0 saturated heterocycles. The maximum Gasteiger partial charge on any atom is 0.338 e. The largest absolute Gasteiger partial charge is 0.478 e. The summed E-state index contributed by atoms with van der Waals surface area (Å²) in [6.45, 7) is 1.75. The lowest BCUT2D eigenvalue weighted by Gasteiger charge is -2.10. The van der Waals surface area contributed by atoms with E-state index >= 15 is 0 Å². The van der Waals surface area contributed by atoms with Crippen LogP contribution in [-0.4, -0.2) is 23.0 Å². The molecule has 1 atom stereocenters. The van der Waals surface area contributed by atoms with Gasteiger partial charge < -0.3 is 16.2 Å². The van der Waals surface area contributed by atoms with E-state index in [0.29, 0.717) is 6.42 Å². The van der Waals surface area contributed by atoms with E-state index in [9.17, 15) is 14.0 Å². The number of hydrogen-bond acceptors (Lipinski definition) is 3. The molecule has 0 aliphatic carbocycles. The summed E-state index contributed by atoms with van der Waals surface area (Å²) >= 11 is 0. The Morgan fingerprint density at radius 1 is 1.53 bits per heavy atom. The summed E-state index contributed by atoms with van der Waals surface area (Å²) in [6, 6.07) is 2.64. The highest BCUT2D eigenvalue weighted by Gasteiger charge is 2.14. The summed E-state index contributed by atoms with van der Waals surface area (Å²) in [5.74, 6) is -2.68. The van der Waals surface area contributed by atoms with Crippen LogP contribution in [0.2, 0.25) is 0 Å². The molecule has 5 nitrogen and oxygen atoms in total. The monoisotopic (exact) mass is 240 g/mol. The number of amides is 1. The first kappa shape index (κ1) is 13.1. The SMILES string of the molecule is CC[C@@H](N)C(=O)Nc1ccc(F)c(C(=O)O)c1. The number of carboxylic acid groups (broad SMARTS) is 1. The van der Waals surface area contributed by atoms with Crippen LogP contribution in [0.5, 0.6) is 0 Å². The number of benzene rings is 1. The summed E-state index contributed by atoms with van der Waals surface area (Å²) in [7, 11) is 0. The predicted molar refractivity (Wildman–Crippen MR) is 60.3 cm³/mol. The third-order valence-electron chi connectivity index (χ3n) is 2.24. The number of nitrogens with one attached hydrogen (secondary N) is 1. The fourth-order valence-electron chi connectivity index (χ4n) is 1.19. The van der Waals surface area contributed by atoms with E-state index in [1.165, 1.54) is 6.07 Å². The van der Waals surface area contributed by atoms with Gasteiger partial charge in [0.15, 0.2) is 0 Å². The van der Waals surface area contributed by atoms with Crippen molar-refractivity contribution in [1.29, 1.82) is 0 Å². The number of carbonyl (C=O) groups excluding carboxylic acids is 1. The van der Waals surface area contributed by atoms with Gasteiger partial charge in [-0.15, -0.1) is 0 Å². The average molecular weight is 240 g/mol. The van der Waals surface area contributed by atoms with Gasteiger partial charge in [-0.3, -0.25) is 4.79 Å². The van der Waals surface area contributed by atoms with Gasteiger partial charge in [-0.25, -0.2) is 9.18 Å². The Morgan fingerprint density at radius 3 is 2.71 bits per heavy atom. The second-order valence-corrected chi connectivity index (χ2v) is 3.50. The molecule has 0 heterocycles. The van der Waals surface area contributed by atoms with Crippen LogP contribution < -0.4 is 11.1 Å². The molecule has 0 bridgehead atoms. The third-order valence-corrected chi connectivity index (χ3v) is 2.24. The van der Waals surface area contributed by atoms with Gasteiger partial charge in [-0.1, -0.05) is 6.92 Å². The zero-order valence-electron chi connectivity index (χ0n) is 9.24. The minimum absolute atomic E-state index is 0.206. The topological polar surface area (TPSA) is 92.4 Å². The zero-order valence-corrected chi connectivity index (χ0v) is 9.24. The van der Waals surface area contributed by atoms with Crippen molar-refractivity contribution in [3.8, 4) is 0 Å². The minimum Gasteiger partial charge on any atom is -0.478 e. The third kappa shape index (κ3) is 3.25. The van der Waals surface area contributed by atoms with Crippen molar-refractivity contribution in [2.24, 2.45) is 5.73 Å². The van der Waals surface area contributed by atoms with Gasteiger partial charge in [-0.2, -0.15) is 0 Å². The molecule has 0 aliphatic heterocycles. The number of aromatic carboxylic acids is 1. The molecule has 0 aliphatic rings. The van der Waals surface area contributed by atoms with E-state index in [4.69, 9.17) is 10.8 Å². The second kappa shape index (κ2) is 5.40. The van der Waals surface area contributed by atoms with Crippen LogP contribution in [0, 0.1) is 5.82 Å². The first-order chi connectivity index (χ1) is 7.95. The van der Waals surface area contributed by atoms with Crippen molar-refractivity contribution in [2.75, 3.05) is 5.32 Å². The Kier molecular flexibility index (Phi) is 4.17. The highest BCUT2D eigenvalue weighted by atomic mass is 19.1. The fourth-order valence-corrected chi connectivity index (χ4v) is 1.19. The molecular formula is C11H13FN2O3. The average Bonchev–Trinajstić information content (AvgIpc) is 2.30. The lowest BCUT2D eigenvalue weighted by atomic mass is 10.1. The quantitative estimate of drug-likeness (QED) is 0.737. The number of halogens is 1. The Bertz CT molecular complexity index is 448. The number of carboxylic acids is 1. The van der Waals surface area contributed by atoms with Gasteiger partial charge in [0.05, 0.1) is 11.6 Å². The van der Waals surface area contributed by atoms with Crippen molar-refractivity contribution >= 4 is 17.6 Å². The maximum absolute atomic E-state index is 13.1. The van der Waals surface area contributed by atoms with Gasteiger partial charge in [0.1, 0.15) is 5.82 Å². The molecule has 0 radical (unpaired) electrons. The predicted octanol–water partition coefficient (Wildman–Crippen LogP) is 1.20. The first-order valence-corrected chi connectivity index (χ1v) is 5.05. The van der Waals surface area contributed by atoms with E-state index in [2.05, 4.69) is 5.32 Å². The molecule has 0 spiro atoms. The van der Waals surface area contributed by atoms with Crippen LogP contribution in [0.15, 0.2) is 18.2 Å². The van der Waals surface area contributed by atoms with Crippen LogP contribution in [0.1, 0.15) is 23.7 Å². The van der Waals surface area contributed by atoms with Gasteiger partial charge in [0.25, 0.3) is 0 Å². The molecule has 0 fully saturated rings. The maximum atomic E-state index is 13.1. The van der Waals surface area contributed by atoms with Crippen molar-refractivity contribution in [3.63, 3.8) is 0 Å². The van der Waals surface area contributed by atoms with Crippen LogP contribution >= 0.6 is 0 Å². The van der Waals surface area contributed by atoms with E-state index in [0.717, 1.165) is 12.1 Å². The lowest BCUT2D eigenvalue weighted by molar-refractivity contribution is -0.117. The molecule has 0 saturated carbocycles. The first-order valence-electron chi connectivity index (χ1n) is 5.05. The second-order valence-electron chi connectivity index (χ2n) is 3.50. The molecule has 17 heavy (non-hydrogen) atoms. The lowest BCUT2D eigenvalue weighted by Crippen LogP contribution is -2.34. The molecule has 1 aromatic rings. The number of rotatable bonds is 4. The summed E-state index contributed by atoms with van der Waals surface area (Å²) in [6.07, 6.45) is 0.457. The highest BCUT2D eigenvalue weighted by Crippen LogP contribution is 2.15. The zero-order chi connectivity index (χ0) is 13.0. The summed E-state index contributed by atoms with van der Waals surface area (Å²) in [4.78, 5) is 22.1. The van der Waals surface area contributed by atoms with Gasteiger partial charge >= 0.3 is 5.97 Å². The van der Waals surface area contributed by atoms with Crippen molar-refractivity contribution in [2.45, 2.75) is 19.4 Å². The van der Waals surface area contributed by atoms with Gasteiger partial charge in [-0.05, 0) is 24.6 Å². The van der Waals surface area contributed by atoms with E-state index in [-0.39, 0.29) is 5.69 Å². The van der Waals surface area contributed by atoms with Crippen molar-refractivity contribution in [1.82, 2.24) is 0 Å². The minimum atomic E-state index is -1.39. The molecule has 1 amide bonds. The normalized spacial score (nSPS) is 11.9. The Hall–Kier alpha value is -1.95. The molecule has 6 heteroatoms. The molecule has 1 aromatic carbocycles. The van der Waals surface area contributed by atoms with E-state index in [1.807, 2.05) is 0 Å². The Labute approximate surface area is 97.4 Å². The van der Waals surface area contributed by atoms with Gasteiger partial charge in [0, 0.05) is 5.69 Å². The standard InChI is InChI=1S/C11H13FN2O3/c1-2-9(13)10(15)14-6-3-4-8(12)7(5-6)11(16)17/h3-5,9H,2,13H2,1H3,(H,14,15)(H,16,17)/t9-/m1/s1. The van der Waals surface area contributed by atoms with Crippen molar-refractivity contribution < 1.29 is 19.1 Å².